The van der Waals surface area contributed by atoms with Crippen molar-refractivity contribution in [2.24, 2.45) is 13.0 Å². The molecule has 1 saturated heterocycles. The maximum absolute atomic E-state index is 12.7. The number of nitrogens with zero attached hydrogens (tertiary/aromatic N) is 7. The highest BCUT2D eigenvalue weighted by molar-refractivity contribution is 5.95. The lowest BCUT2D eigenvalue weighted by Crippen LogP contribution is -2.56. The molecule has 2 aliphatic carbocycles. The number of aliphatic hydroxyl groups excluding tert-OH is 1. The van der Waals surface area contributed by atoms with E-state index in [0.717, 1.165) is 59.2 Å². The fourth-order valence-corrected chi connectivity index (χ4v) is 5.62. The van der Waals surface area contributed by atoms with Gasteiger partial charge in [0, 0.05) is 50.0 Å². The van der Waals surface area contributed by atoms with Crippen LogP contribution in [0, 0.1) is 17.2 Å². The number of hydrogen-bond acceptors (Lipinski definition) is 7. The molecule has 3 aromatic rings. The molecule has 3 fully saturated rings. The molecule has 0 radical (unpaired) electrons. The molecule has 1 atom stereocenters. The van der Waals surface area contributed by atoms with Crippen molar-refractivity contribution in [3.8, 4) is 17.2 Å². The summed E-state index contributed by atoms with van der Waals surface area (Å²) in [7, 11) is 1.87. The zero-order valence-corrected chi connectivity index (χ0v) is 21.1. The Hall–Kier alpha value is -3.77. The van der Waals surface area contributed by atoms with Crippen LogP contribution in [0.3, 0.4) is 0 Å². The van der Waals surface area contributed by atoms with Crippen molar-refractivity contribution < 1.29 is 9.90 Å². The van der Waals surface area contributed by atoms with Gasteiger partial charge in [0.2, 0.25) is 5.91 Å². The van der Waals surface area contributed by atoms with Crippen LogP contribution < -0.4 is 4.90 Å². The molecule has 2 saturated carbocycles. The van der Waals surface area contributed by atoms with Crippen molar-refractivity contribution >= 4 is 28.8 Å². The number of anilines is 1. The van der Waals surface area contributed by atoms with E-state index >= 15 is 0 Å². The molecule has 6 rings (SSSR count). The van der Waals surface area contributed by atoms with E-state index in [4.69, 9.17) is 4.98 Å². The number of piperazine rings is 1. The van der Waals surface area contributed by atoms with Crippen LogP contribution in [0.1, 0.15) is 55.0 Å². The summed E-state index contributed by atoms with van der Waals surface area (Å²) >= 11 is 0. The Kier molecular flexibility index (Phi) is 5.92. The van der Waals surface area contributed by atoms with Crippen LogP contribution in [0.5, 0.6) is 0 Å². The lowest BCUT2D eigenvalue weighted by Gasteiger charge is -2.42. The summed E-state index contributed by atoms with van der Waals surface area (Å²) in [5, 5.41) is 24.9. The standard InChI is InChI=1S/C28H31N7O2/c1-3-20-13-21(23-15-30-33(2)28(23)31-20)22-12-19(14-29)27(32-26(22)18-6-7-18)34-9-10-35(25(37)8-11-36)24(16-34)17-4-5-17/h3,12-13,15,17-18,24,36H,1,4-11,16H2,2H3. The average molecular weight is 498 g/mol. The SMILES string of the molecule is C=Cc1cc(-c2cc(C#N)c(N3CCN(C(=O)CCO)C(C4CC4)C3)nc2C2CC2)c2cnn(C)c2n1. The van der Waals surface area contributed by atoms with Gasteiger partial charge in [0.25, 0.3) is 0 Å². The monoisotopic (exact) mass is 497 g/mol. The third-order valence-corrected chi connectivity index (χ3v) is 7.87. The molecule has 0 aromatic carbocycles. The largest absolute Gasteiger partial charge is 0.396 e. The van der Waals surface area contributed by atoms with Crippen molar-refractivity contribution in [2.75, 3.05) is 31.1 Å². The van der Waals surface area contributed by atoms with Crippen molar-refractivity contribution in [1.29, 1.82) is 5.26 Å². The number of aromatic nitrogens is 4. The number of aryl methyl sites for hydroxylation is 1. The first kappa shape index (κ1) is 23.6. The van der Waals surface area contributed by atoms with Crippen LogP contribution >= 0.6 is 0 Å². The molecule has 0 bridgehead atoms. The first-order valence-corrected chi connectivity index (χ1v) is 13.1. The molecule has 9 nitrogen and oxygen atoms in total. The third kappa shape index (κ3) is 4.25. The van der Waals surface area contributed by atoms with E-state index in [9.17, 15) is 15.2 Å². The lowest BCUT2D eigenvalue weighted by atomic mass is 9.96. The number of rotatable bonds is 7. The quantitative estimate of drug-likeness (QED) is 0.533. The average Bonchev–Trinajstić information content (AvgIpc) is 3.85. The van der Waals surface area contributed by atoms with Gasteiger partial charge in [0.15, 0.2) is 5.65 Å². The van der Waals surface area contributed by atoms with Crippen LogP contribution in [0.4, 0.5) is 5.82 Å². The van der Waals surface area contributed by atoms with Crippen LogP contribution in [0.2, 0.25) is 0 Å². The Balaban J connectivity index is 1.42. The van der Waals surface area contributed by atoms with Crippen molar-refractivity contribution in [3.63, 3.8) is 0 Å². The number of nitriles is 1. The molecule has 1 unspecified atom stereocenters. The molecular weight excluding hydrogens is 466 g/mol. The molecule has 3 aliphatic rings. The molecule has 0 spiro atoms. The van der Waals surface area contributed by atoms with E-state index < -0.39 is 0 Å². The van der Waals surface area contributed by atoms with Gasteiger partial charge in [-0.25, -0.2) is 9.97 Å². The summed E-state index contributed by atoms with van der Waals surface area (Å²) in [6.07, 6.45) is 8.10. The second kappa shape index (κ2) is 9.27. The predicted octanol–water partition coefficient (Wildman–Crippen LogP) is 3.23. The molecule has 4 heterocycles. The maximum Gasteiger partial charge on any atom is 0.225 e. The Morgan fingerprint density at radius 2 is 2.03 bits per heavy atom. The first-order valence-electron chi connectivity index (χ1n) is 13.1. The molecule has 1 N–H and O–H groups in total. The smallest absolute Gasteiger partial charge is 0.225 e. The highest BCUT2D eigenvalue weighted by atomic mass is 16.3. The summed E-state index contributed by atoms with van der Waals surface area (Å²) < 4.78 is 1.76. The molecular formula is C28H31N7O2. The number of aliphatic hydroxyl groups is 1. The van der Waals surface area contributed by atoms with E-state index in [1.54, 1.807) is 10.8 Å². The Morgan fingerprint density at radius 1 is 1.22 bits per heavy atom. The van der Waals surface area contributed by atoms with Crippen LogP contribution in [-0.4, -0.2) is 67.9 Å². The Bertz CT molecular complexity index is 1430. The zero-order valence-electron chi connectivity index (χ0n) is 21.1. The number of pyridine rings is 2. The minimum absolute atomic E-state index is 0.0118. The van der Waals surface area contributed by atoms with Crippen LogP contribution in [0.25, 0.3) is 28.2 Å². The van der Waals surface area contributed by atoms with Crippen molar-refractivity contribution in [3.05, 3.63) is 41.9 Å². The van der Waals surface area contributed by atoms with Crippen molar-refractivity contribution in [2.45, 2.75) is 44.1 Å². The van der Waals surface area contributed by atoms with Gasteiger partial charge in [0.05, 0.1) is 35.8 Å². The number of hydrogen-bond donors (Lipinski definition) is 1. The topological polar surface area (TPSA) is 111 Å². The second-order valence-corrected chi connectivity index (χ2v) is 10.4. The van der Waals surface area contributed by atoms with E-state index in [2.05, 4.69) is 27.6 Å². The normalized spacial score (nSPS) is 19.8. The van der Waals surface area contributed by atoms with Gasteiger partial charge in [0.1, 0.15) is 11.9 Å². The fraction of sp³-hybridized carbons (Fsp3) is 0.464. The summed E-state index contributed by atoms with van der Waals surface area (Å²) in [5.74, 6) is 1.57. The molecule has 190 valence electrons. The van der Waals surface area contributed by atoms with Gasteiger partial charge in [-0.15, -0.1) is 0 Å². The summed E-state index contributed by atoms with van der Waals surface area (Å²) in [6.45, 7) is 5.65. The van der Waals surface area contributed by atoms with Gasteiger partial charge in [-0.05, 0) is 55.4 Å². The fourth-order valence-electron chi connectivity index (χ4n) is 5.62. The second-order valence-electron chi connectivity index (χ2n) is 10.4. The highest BCUT2D eigenvalue weighted by Crippen LogP contribution is 2.46. The van der Waals surface area contributed by atoms with Gasteiger partial charge in [-0.1, -0.05) is 6.58 Å². The first-order chi connectivity index (χ1) is 18.0. The van der Waals surface area contributed by atoms with Crippen molar-refractivity contribution in [1.82, 2.24) is 24.6 Å². The van der Waals surface area contributed by atoms with Crippen LogP contribution in [0.15, 0.2) is 24.9 Å². The molecule has 1 amide bonds. The van der Waals surface area contributed by atoms with Gasteiger partial charge >= 0.3 is 0 Å². The summed E-state index contributed by atoms with van der Waals surface area (Å²) in [4.78, 5) is 26.7. The Labute approximate surface area is 216 Å². The molecule has 37 heavy (non-hydrogen) atoms. The summed E-state index contributed by atoms with van der Waals surface area (Å²) in [6, 6.07) is 6.50. The van der Waals surface area contributed by atoms with Gasteiger partial charge in [-0.3, -0.25) is 9.48 Å². The van der Waals surface area contributed by atoms with E-state index in [0.29, 0.717) is 42.9 Å². The van der Waals surface area contributed by atoms with E-state index in [1.807, 2.05) is 30.3 Å². The number of carbonyl (C=O) groups is 1. The molecule has 3 aromatic heterocycles. The number of amides is 1. The minimum Gasteiger partial charge on any atom is -0.396 e. The van der Waals surface area contributed by atoms with E-state index in [-0.39, 0.29) is 25.0 Å². The number of carbonyl (C=O) groups excluding carboxylic acids is 1. The Morgan fingerprint density at radius 3 is 2.70 bits per heavy atom. The minimum atomic E-state index is -0.129. The van der Waals surface area contributed by atoms with E-state index in [1.165, 1.54) is 0 Å². The van der Waals surface area contributed by atoms with Crippen LogP contribution in [-0.2, 0) is 11.8 Å². The maximum atomic E-state index is 12.7. The lowest BCUT2D eigenvalue weighted by molar-refractivity contribution is -0.135. The third-order valence-electron chi connectivity index (χ3n) is 7.87. The predicted molar refractivity (Wildman–Crippen MR) is 141 cm³/mol. The summed E-state index contributed by atoms with van der Waals surface area (Å²) in [5.41, 5.74) is 5.02. The molecule has 9 heteroatoms. The highest BCUT2D eigenvalue weighted by Gasteiger charge is 2.41. The zero-order chi connectivity index (χ0) is 25.7. The van der Waals surface area contributed by atoms with Gasteiger partial charge in [-0.2, -0.15) is 10.4 Å². The van der Waals surface area contributed by atoms with Gasteiger partial charge < -0.3 is 14.9 Å². The number of fused-ring (bicyclic) bond motifs is 1. The molecule has 1 aliphatic heterocycles.